The van der Waals surface area contributed by atoms with E-state index in [0.29, 0.717) is 0 Å². The van der Waals surface area contributed by atoms with E-state index >= 15 is 0 Å². The number of anilines is 1. The van der Waals surface area contributed by atoms with Crippen LogP contribution in [0.4, 0.5) is 18.9 Å². The summed E-state index contributed by atoms with van der Waals surface area (Å²) in [5.41, 5.74) is 4.90. The number of aromatic nitrogens is 1. The highest BCUT2D eigenvalue weighted by Gasteiger charge is 2.35. The van der Waals surface area contributed by atoms with Crippen molar-refractivity contribution in [2.24, 2.45) is 0 Å². The average molecular weight is 274 g/mol. The first-order valence-corrected chi connectivity index (χ1v) is 5.81. The molecule has 0 aromatic carbocycles. The molecule has 0 radical (unpaired) electrons. The molecule has 18 heavy (non-hydrogen) atoms. The van der Waals surface area contributed by atoms with Crippen molar-refractivity contribution in [3.05, 3.63) is 22.2 Å². The van der Waals surface area contributed by atoms with E-state index in [9.17, 15) is 18.0 Å². The largest absolute Gasteiger partial charge is 0.417 e. The summed E-state index contributed by atoms with van der Waals surface area (Å²) in [4.78, 5) is 15.6. The van der Waals surface area contributed by atoms with E-state index in [1.807, 2.05) is 0 Å². The van der Waals surface area contributed by atoms with Gasteiger partial charge in [-0.3, -0.25) is 4.79 Å². The molecule has 2 N–H and O–H groups in total. The molecule has 2 rings (SSSR count). The molecule has 2 aromatic heterocycles. The Bertz CT molecular complexity index is 646. The van der Waals surface area contributed by atoms with Gasteiger partial charge in [-0.2, -0.15) is 13.2 Å². The number of halogens is 3. The number of hydrogen-bond donors (Lipinski definition) is 1. The van der Waals surface area contributed by atoms with E-state index in [-0.39, 0.29) is 32.3 Å². The third kappa shape index (κ3) is 1.94. The molecule has 0 atom stereocenters. The Kier molecular flexibility index (Phi) is 2.81. The normalized spacial score (nSPS) is 12.1. The zero-order valence-electron chi connectivity index (χ0n) is 9.55. The minimum Gasteiger partial charge on any atom is -0.397 e. The molecule has 0 saturated heterocycles. The molecule has 2 heterocycles. The molecule has 0 aliphatic carbocycles. The van der Waals surface area contributed by atoms with Crippen LogP contribution >= 0.6 is 11.3 Å². The number of Topliss-reactive ketones (excluding diaryl/α,β-unsaturated/α-hetero) is 1. The summed E-state index contributed by atoms with van der Waals surface area (Å²) < 4.78 is 38.8. The van der Waals surface area contributed by atoms with Crippen LogP contribution in [-0.2, 0) is 6.18 Å². The molecule has 0 fully saturated rings. The van der Waals surface area contributed by atoms with Gasteiger partial charge in [0.15, 0.2) is 5.78 Å². The topological polar surface area (TPSA) is 56.0 Å². The minimum atomic E-state index is -4.52. The lowest BCUT2D eigenvalue weighted by atomic mass is 10.1. The average Bonchev–Trinajstić information content (AvgIpc) is 2.53. The molecule has 96 valence electrons. The van der Waals surface area contributed by atoms with Gasteiger partial charge in [0.25, 0.3) is 0 Å². The number of rotatable bonds is 1. The number of ketones is 1. The Morgan fingerprint density at radius 2 is 2.06 bits per heavy atom. The Morgan fingerprint density at radius 1 is 1.44 bits per heavy atom. The first-order chi connectivity index (χ1) is 8.21. The van der Waals surface area contributed by atoms with Crippen molar-refractivity contribution in [1.82, 2.24) is 4.98 Å². The fraction of sp³-hybridized carbons (Fsp3) is 0.273. The van der Waals surface area contributed by atoms with Crippen molar-refractivity contribution >= 4 is 33.0 Å². The van der Waals surface area contributed by atoms with Crippen molar-refractivity contribution in [3.8, 4) is 0 Å². The van der Waals surface area contributed by atoms with Gasteiger partial charge in [-0.15, -0.1) is 11.3 Å². The van der Waals surface area contributed by atoms with Crippen LogP contribution in [0.5, 0.6) is 0 Å². The fourth-order valence-electron chi connectivity index (χ4n) is 1.73. The van der Waals surface area contributed by atoms with Crippen molar-refractivity contribution in [2.75, 3.05) is 5.73 Å². The monoisotopic (exact) mass is 274 g/mol. The van der Waals surface area contributed by atoms with E-state index in [0.717, 1.165) is 17.4 Å². The van der Waals surface area contributed by atoms with Crippen molar-refractivity contribution in [1.29, 1.82) is 0 Å². The van der Waals surface area contributed by atoms with Gasteiger partial charge < -0.3 is 5.73 Å². The summed E-state index contributed by atoms with van der Waals surface area (Å²) in [6, 6.07) is 0.940. The van der Waals surface area contributed by atoms with Gasteiger partial charge in [0.05, 0.1) is 16.1 Å². The number of carbonyl (C=O) groups excluding carboxylic acids is 1. The second kappa shape index (κ2) is 3.94. The first-order valence-electron chi connectivity index (χ1n) is 4.99. The number of hydrogen-bond acceptors (Lipinski definition) is 4. The number of thiophene rings is 1. The van der Waals surface area contributed by atoms with Crippen molar-refractivity contribution in [2.45, 2.75) is 20.0 Å². The lowest BCUT2D eigenvalue weighted by Gasteiger charge is -2.09. The van der Waals surface area contributed by atoms with Crippen molar-refractivity contribution in [3.63, 3.8) is 0 Å². The molecule has 0 spiro atoms. The second-order valence-electron chi connectivity index (χ2n) is 3.89. The molecule has 0 aliphatic heterocycles. The smallest absolute Gasteiger partial charge is 0.397 e. The second-order valence-corrected chi connectivity index (χ2v) is 4.89. The lowest BCUT2D eigenvalue weighted by molar-refractivity contribution is -0.136. The van der Waals surface area contributed by atoms with E-state index in [1.165, 1.54) is 13.8 Å². The summed E-state index contributed by atoms with van der Waals surface area (Å²) in [7, 11) is 0. The molecule has 7 heteroatoms. The highest BCUT2D eigenvalue weighted by molar-refractivity contribution is 7.21. The number of nitrogen functional groups attached to an aromatic ring is 1. The maximum atomic E-state index is 12.9. The standard InChI is InChI=1S/C11H9F3N2OS/c1-4-3-6(11(12,13)14)7-8(15)9(5(2)17)18-10(7)16-4/h3H,15H2,1-2H3. The highest BCUT2D eigenvalue weighted by Crippen LogP contribution is 2.42. The van der Waals surface area contributed by atoms with Gasteiger partial charge in [0, 0.05) is 18.0 Å². The summed E-state index contributed by atoms with van der Waals surface area (Å²) in [5, 5.41) is -0.177. The van der Waals surface area contributed by atoms with Gasteiger partial charge in [0.2, 0.25) is 0 Å². The predicted molar refractivity (Wildman–Crippen MR) is 63.8 cm³/mol. The molecule has 2 aromatic rings. The molecule has 3 nitrogen and oxygen atoms in total. The van der Waals surface area contributed by atoms with E-state index in [4.69, 9.17) is 5.73 Å². The van der Waals surface area contributed by atoms with Gasteiger partial charge in [0.1, 0.15) is 4.83 Å². The van der Waals surface area contributed by atoms with Crippen LogP contribution < -0.4 is 5.73 Å². The zero-order valence-corrected chi connectivity index (χ0v) is 10.4. The summed E-state index contributed by atoms with van der Waals surface area (Å²) in [5.74, 6) is -0.360. The minimum absolute atomic E-state index is 0.119. The van der Waals surface area contributed by atoms with Crippen LogP contribution in [0.2, 0.25) is 0 Å². The highest BCUT2D eigenvalue weighted by atomic mass is 32.1. The maximum absolute atomic E-state index is 12.9. The summed E-state index contributed by atoms with van der Waals surface area (Å²) in [6.07, 6.45) is -4.52. The van der Waals surface area contributed by atoms with E-state index in [2.05, 4.69) is 4.98 Å². The maximum Gasteiger partial charge on any atom is 0.417 e. The summed E-state index contributed by atoms with van der Waals surface area (Å²) in [6.45, 7) is 2.74. The number of aryl methyl sites for hydroxylation is 1. The molecule has 0 saturated carbocycles. The number of fused-ring (bicyclic) bond motifs is 1. The quantitative estimate of drug-likeness (QED) is 0.811. The third-order valence-electron chi connectivity index (χ3n) is 2.45. The van der Waals surface area contributed by atoms with E-state index < -0.39 is 11.7 Å². The van der Waals surface area contributed by atoms with Crippen LogP contribution in [0.3, 0.4) is 0 Å². The van der Waals surface area contributed by atoms with Crippen LogP contribution in [0.25, 0.3) is 10.2 Å². The van der Waals surface area contributed by atoms with E-state index in [1.54, 1.807) is 0 Å². The van der Waals surface area contributed by atoms with Crippen LogP contribution in [0.1, 0.15) is 27.9 Å². The number of pyridine rings is 1. The Labute approximate surface area is 104 Å². The van der Waals surface area contributed by atoms with Crippen LogP contribution in [0, 0.1) is 6.92 Å². The van der Waals surface area contributed by atoms with Crippen LogP contribution in [-0.4, -0.2) is 10.8 Å². The SMILES string of the molecule is CC(=O)c1sc2nc(C)cc(C(F)(F)F)c2c1N. The Balaban J connectivity index is 2.91. The fourth-order valence-corrected chi connectivity index (χ4v) is 2.79. The molecular weight excluding hydrogens is 265 g/mol. The van der Waals surface area contributed by atoms with Gasteiger partial charge in [-0.25, -0.2) is 4.98 Å². The van der Waals surface area contributed by atoms with Crippen LogP contribution in [0.15, 0.2) is 6.07 Å². The number of nitrogens with two attached hydrogens (primary N) is 1. The number of alkyl halides is 3. The third-order valence-corrected chi connectivity index (χ3v) is 3.65. The summed E-state index contributed by atoms with van der Waals surface area (Å²) >= 11 is 0.891. The first kappa shape index (κ1) is 12.8. The van der Waals surface area contributed by atoms with Gasteiger partial charge in [-0.1, -0.05) is 0 Å². The van der Waals surface area contributed by atoms with Gasteiger partial charge in [-0.05, 0) is 13.0 Å². The molecule has 0 aliphatic rings. The van der Waals surface area contributed by atoms with Gasteiger partial charge >= 0.3 is 6.18 Å². The Hall–Kier alpha value is -1.63. The molecule has 0 bridgehead atoms. The van der Waals surface area contributed by atoms with Crippen molar-refractivity contribution < 1.29 is 18.0 Å². The lowest BCUT2D eigenvalue weighted by Crippen LogP contribution is -2.07. The Morgan fingerprint density at radius 3 is 2.56 bits per heavy atom. The molecule has 0 unspecified atom stereocenters. The molecular formula is C11H9F3N2OS. The zero-order chi connectivity index (χ0) is 13.7. The number of nitrogens with zero attached hydrogens (tertiary/aromatic N) is 1. The number of carbonyl (C=O) groups is 1. The predicted octanol–water partition coefficient (Wildman–Crippen LogP) is 3.41. The molecule has 0 amide bonds.